The number of hydrogen-bond donors (Lipinski definition) is 3. The van der Waals surface area contributed by atoms with Gasteiger partial charge >= 0.3 is 0 Å². The minimum absolute atomic E-state index is 0.0702. The van der Waals surface area contributed by atoms with Crippen molar-refractivity contribution in [3.05, 3.63) is 18.3 Å². The van der Waals surface area contributed by atoms with Gasteiger partial charge in [-0.2, -0.15) is 0 Å². The number of nitrogens with zero attached hydrogens (tertiary/aromatic N) is 3. The number of aromatic nitrogens is 1. The highest BCUT2D eigenvalue weighted by atomic mass is 15.3. The van der Waals surface area contributed by atoms with Crippen LogP contribution in [0.5, 0.6) is 0 Å². The number of hydrogen-bond acceptors (Lipinski definition) is 4. The molecule has 1 aliphatic rings. The van der Waals surface area contributed by atoms with E-state index in [0.717, 1.165) is 37.7 Å². The minimum atomic E-state index is -0.0702. The molecule has 0 aliphatic carbocycles. The third kappa shape index (κ3) is 3.07. The summed E-state index contributed by atoms with van der Waals surface area (Å²) in [6.07, 6.45) is 1.70. The Morgan fingerprint density at radius 2 is 2.06 bits per heavy atom. The van der Waals surface area contributed by atoms with E-state index in [0.29, 0.717) is 0 Å². The molecule has 0 unspecified atom stereocenters. The molecule has 0 spiro atoms. The maximum Gasteiger partial charge on any atom is 0.190 e. The van der Waals surface area contributed by atoms with E-state index < -0.39 is 0 Å². The number of piperazine rings is 1. The van der Waals surface area contributed by atoms with Crippen LogP contribution in [-0.2, 0) is 0 Å². The van der Waals surface area contributed by atoms with Crippen molar-refractivity contribution in [2.24, 2.45) is 5.73 Å². The van der Waals surface area contributed by atoms with Crippen LogP contribution >= 0.6 is 0 Å². The van der Waals surface area contributed by atoms with Crippen LogP contribution in [0.15, 0.2) is 18.3 Å². The summed E-state index contributed by atoms with van der Waals surface area (Å²) in [6, 6.07) is 3.85. The Morgan fingerprint density at radius 1 is 1.35 bits per heavy atom. The van der Waals surface area contributed by atoms with Crippen molar-refractivity contribution < 1.29 is 0 Å². The van der Waals surface area contributed by atoms with Gasteiger partial charge in [0, 0.05) is 26.2 Å². The van der Waals surface area contributed by atoms with Crippen LogP contribution in [0.25, 0.3) is 0 Å². The van der Waals surface area contributed by atoms with Crippen LogP contribution in [0.1, 0.15) is 0 Å². The zero-order valence-corrected chi connectivity index (χ0v) is 9.98. The van der Waals surface area contributed by atoms with E-state index in [1.54, 1.807) is 6.20 Å². The molecule has 6 nitrogen and oxygen atoms in total. The van der Waals surface area contributed by atoms with Crippen LogP contribution < -0.4 is 16.0 Å². The van der Waals surface area contributed by atoms with Gasteiger partial charge in [-0.1, -0.05) is 0 Å². The van der Waals surface area contributed by atoms with Crippen LogP contribution in [0.3, 0.4) is 0 Å². The highest BCUT2D eigenvalue weighted by Crippen LogP contribution is 2.15. The third-order valence-corrected chi connectivity index (χ3v) is 2.85. The van der Waals surface area contributed by atoms with E-state index in [9.17, 15) is 0 Å². The number of nitrogens with two attached hydrogens (primary N) is 1. The van der Waals surface area contributed by atoms with E-state index in [2.05, 4.69) is 27.1 Å². The predicted octanol–water partition coefficient (Wildman–Crippen LogP) is 0.139. The smallest absolute Gasteiger partial charge is 0.190 e. The lowest BCUT2D eigenvalue weighted by molar-refractivity contribution is 0.312. The monoisotopic (exact) mass is 234 g/mol. The van der Waals surface area contributed by atoms with E-state index in [1.165, 1.54) is 0 Å². The van der Waals surface area contributed by atoms with Crippen molar-refractivity contribution >= 4 is 17.5 Å². The Labute approximate surface area is 101 Å². The van der Waals surface area contributed by atoms with E-state index in [1.807, 2.05) is 12.1 Å². The SMILES string of the molecule is CN1CCN(c2ccc(NC(=N)N)cn2)CC1. The molecule has 1 fully saturated rings. The minimum Gasteiger partial charge on any atom is -0.370 e. The summed E-state index contributed by atoms with van der Waals surface area (Å²) in [5, 5.41) is 9.84. The number of guanidine groups is 1. The summed E-state index contributed by atoms with van der Waals surface area (Å²) in [7, 11) is 2.13. The standard InChI is InChI=1S/C11H18N6/c1-16-4-6-17(7-5-16)10-3-2-9(8-14-10)15-11(12)13/h2-3,8H,4-7H2,1H3,(H4,12,13,15). The zero-order valence-electron chi connectivity index (χ0n) is 9.98. The molecule has 0 radical (unpaired) electrons. The van der Waals surface area contributed by atoms with Crippen molar-refractivity contribution in [2.45, 2.75) is 0 Å². The lowest BCUT2D eigenvalue weighted by Crippen LogP contribution is -2.44. The normalized spacial score (nSPS) is 16.9. The lowest BCUT2D eigenvalue weighted by atomic mass is 10.3. The average Bonchev–Trinajstić information content (AvgIpc) is 2.30. The average molecular weight is 234 g/mol. The second-order valence-electron chi connectivity index (χ2n) is 4.23. The van der Waals surface area contributed by atoms with Gasteiger partial charge in [0.25, 0.3) is 0 Å². The Morgan fingerprint density at radius 3 is 2.59 bits per heavy atom. The second kappa shape index (κ2) is 5.01. The van der Waals surface area contributed by atoms with E-state index >= 15 is 0 Å². The van der Waals surface area contributed by atoms with Crippen LogP contribution in [-0.4, -0.2) is 49.1 Å². The molecule has 1 saturated heterocycles. The molecule has 4 N–H and O–H groups in total. The van der Waals surface area contributed by atoms with Gasteiger partial charge in [0.15, 0.2) is 5.96 Å². The molecular formula is C11H18N6. The molecule has 2 heterocycles. The zero-order chi connectivity index (χ0) is 12.3. The van der Waals surface area contributed by atoms with Crippen LogP contribution in [0.4, 0.5) is 11.5 Å². The van der Waals surface area contributed by atoms with Gasteiger partial charge in [-0.05, 0) is 19.2 Å². The number of likely N-dealkylation sites (N-methyl/N-ethyl adjacent to an activating group) is 1. The summed E-state index contributed by atoms with van der Waals surface area (Å²) in [5.74, 6) is 0.909. The number of anilines is 2. The van der Waals surface area contributed by atoms with Crippen molar-refractivity contribution in [1.29, 1.82) is 5.41 Å². The number of nitrogens with one attached hydrogen (secondary N) is 2. The molecule has 2 rings (SSSR count). The van der Waals surface area contributed by atoms with Crippen molar-refractivity contribution in [2.75, 3.05) is 43.4 Å². The first kappa shape index (κ1) is 11.7. The molecular weight excluding hydrogens is 216 g/mol. The largest absolute Gasteiger partial charge is 0.370 e. The van der Waals surface area contributed by atoms with Gasteiger partial charge in [0.05, 0.1) is 11.9 Å². The Bertz CT molecular complexity index is 379. The molecule has 92 valence electrons. The summed E-state index contributed by atoms with van der Waals surface area (Å²) in [5.41, 5.74) is 5.99. The van der Waals surface area contributed by atoms with E-state index in [4.69, 9.17) is 11.1 Å². The lowest BCUT2D eigenvalue weighted by Gasteiger charge is -2.33. The summed E-state index contributed by atoms with van der Waals surface area (Å²) >= 11 is 0. The summed E-state index contributed by atoms with van der Waals surface area (Å²) in [6.45, 7) is 4.14. The summed E-state index contributed by atoms with van der Waals surface area (Å²) < 4.78 is 0. The molecule has 1 aromatic heterocycles. The van der Waals surface area contributed by atoms with Gasteiger partial charge in [0.1, 0.15) is 5.82 Å². The summed E-state index contributed by atoms with van der Waals surface area (Å²) in [4.78, 5) is 8.94. The molecule has 17 heavy (non-hydrogen) atoms. The maximum atomic E-state index is 7.13. The Hall–Kier alpha value is -1.82. The first-order valence-electron chi connectivity index (χ1n) is 5.66. The maximum absolute atomic E-state index is 7.13. The molecule has 0 atom stereocenters. The second-order valence-corrected chi connectivity index (χ2v) is 4.23. The fraction of sp³-hybridized carbons (Fsp3) is 0.455. The predicted molar refractivity (Wildman–Crippen MR) is 69.5 cm³/mol. The Kier molecular flexibility index (Phi) is 3.43. The molecule has 1 aliphatic heterocycles. The van der Waals surface area contributed by atoms with Crippen LogP contribution in [0, 0.1) is 5.41 Å². The van der Waals surface area contributed by atoms with Gasteiger partial charge in [-0.3, -0.25) is 5.41 Å². The van der Waals surface area contributed by atoms with Gasteiger partial charge in [-0.25, -0.2) is 4.98 Å². The fourth-order valence-electron chi connectivity index (χ4n) is 1.84. The highest BCUT2D eigenvalue weighted by molar-refractivity contribution is 5.89. The molecule has 0 saturated carbocycles. The van der Waals surface area contributed by atoms with Crippen molar-refractivity contribution in [3.63, 3.8) is 0 Å². The molecule has 0 bridgehead atoms. The van der Waals surface area contributed by atoms with Crippen molar-refractivity contribution in [3.8, 4) is 0 Å². The fourth-order valence-corrected chi connectivity index (χ4v) is 1.84. The first-order chi connectivity index (χ1) is 8.15. The van der Waals surface area contributed by atoms with Crippen LogP contribution in [0.2, 0.25) is 0 Å². The number of rotatable bonds is 2. The molecule has 0 aromatic carbocycles. The van der Waals surface area contributed by atoms with Gasteiger partial charge in [-0.15, -0.1) is 0 Å². The highest BCUT2D eigenvalue weighted by Gasteiger charge is 2.14. The van der Waals surface area contributed by atoms with Gasteiger partial charge < -0.3 is 20.9 Å². The molecule has 6 heteroatoms. The quantitative estimate of drug-likeness (QED) is 0.501. The Balaban J connectivity index is 2.00. The number of pyridine rings is 1. The first-order valence-corrected chi connectivity index (χ1v) is 5.66. The van der Waals surface area contributed by atoms with Gasteiger partial charge in [0.2, 0.25) is 0 Å². The van der Waals surface area contributed by atoms with E-state index in [-0.39, 0.29) is 5.96 Å². The topological polar surface area (TPSA) is 81.3 Å². The molecule has 1 aromatic rings. The third-order valence-electron chi connectivity index (χ3n) is 2.85. The van der Waals surface area contributed by atoms with Crippen molar-refractivity contribution in [1.82, 2.24) is 9.88 Å². The molecule has 0 amide bonds.